The molecule has 146 valence electrons. The van der Waals surface area contributed by atoms with Gasteiger partial charge in [-0.25, -0.2) is 8.42 Å². The molecule has 2 rings (SSSR count). The molecule has 0 saturated carbocycles. The lowest BCUT2D eigenvalue weighted by Gasteiger charge is -2.20. The summed E-state index contributed by atoms with van der Waals surface area (Å²) in [5.41, 5.74) is -0.550. The van der Waals surface area contributed by atoms with Crippen LogP contribution < -0.4 is 10.0 Å². The Morgan fingerprint density at radius 3 is 2.26 bits per heavy atom. The third kappa shape index (κ3) is 5.27. The molecule has 0 bridgehead atoms. The predicted octanol–water partition coefficient (Wildman–Crippen LogP) is 2.64. The van der Waals surface area contributed by atoms with Gasteiger partial charge in [0.25, 0.3) is 0 Å². The summed E-state index contributed by atoms with van der Waals surface area (Å²) in [5, 5.41) is 2.60. The molecule has 0 saturated heterocycles. The van der Waals surface area contributed by atoms with Crippen molar-refractivity contribution in [1.29, 1.82) is 0 Å². The molecular formula is C17H18F3N3O3S. The van der Waals surface area contributed by atoms with Crippen molar-refractivity contribution in [2.75, 3.05) is 0 Å². The van der Waals surface area contributed by atoms with Crippen molar-refractivity contribution >= 4 is 15.9 Å². The van der Waals surface area contributed by atoms with Gasteiger partial charge >= 0.3 is 6.18 Å². The molecule has 1 heterocycles. The van der Waals surface area contributed by atoms with Gasteiger partial charge in [0, 0.05) is 12.4 Å². The van der Waals surface area contributed by atoms with Gasteiger partial charge in [-0.3, -0.25) is 9.78 Å². The van der Waals surface area contributed by atoms with E-state index in [0.717, 1.165) is 17.7 Å². The van der Waals surface area contributed by atoms with Crippen molar-refractivity contribution in [2.24, 2.45) is 0 Å². The number of rotatable bonds is 6. The first-order valence-electron chi connectivity index (χ1n) is 7.91. The van der Waals surface area contributed by atoms with E-state index in [0.29, 0.717) is 6.07 Å². The Morgan fingerprint density at radius 1 is 1.07 bits per heavy atom. The van der Waals surface area contributed by atoms with Crippen LogP contribution in [-0.4, -0.2) is 25.4 Å². The third-order valence-corrected chi connectivity index (χ3v) is 5.37. The number of pyridine rings is 1. The van der Waals surface area contributed by atoms with Crippen LogP contribution in [0.15, 0.2) is 53.7 Å². The maximum absolute atomic E-state index is 13.1. The molecule has 0 radical (unpaired) electrons. The second-order valence-corrected chi connectivity index (χ2v) is 7.53. The zero-order valence-corrected chi connectivity index (χ0v) is 15.3. The van der Waals surface area contributed by atoms with Crippen LogP contribution in [0.5, 0.6) is 0 Å². The van der Waals surface area contributed by atoms with Gasteiger partial charge in [0.05, 0.1) is 22.5 Å². The molecule has 2 N–H and O–H groups in total. The molecule has 2 atom stereocenters. The average Bonchev–Trinajstić information content (AvgIpc) is 2.61. The minimum Gasteiger partial charge on any atom is -0.348 e. The molecule has 1 aromatic carbocycles. The monoisotopic (exact) mass is 401 g/mol. The van der Waals surface area contributed by atoms with Crippen molar-refractivity contribution in [3.05, 3.63) is 59.9 Å². The smallest absolute Gasteiger partial charge is 0.348 e. The number of carbonyl (C=O) groups excluding carboxylic acids is 1. The number of alkyl halides is 3. The van der Waals surface area contributed by atoms with Gasteiger partial charge in [0.1, 0.15) is 0 Å². The predicted molar refractivity (Wildman–Crippen MR) is 92.0 cm³/mol. The number of hydrogen-bond donors (Lipinski definition) is 2. The molecule has 1 unspecified atom stereocenters. The normalized spacial score (nSPS) is 14.4. The van der Waals surface area contributed by atoms with Crippen LogP contribution in [0.25, 0.3) is 0 Å². The molecule has 0 spiro atoms. The van der Waals surface area contributed by atoms with E-state index in [2.05, 4.69) is 10.3 Å². The molecule has 0 aliphatic heterocycles. The van der Waals surface area contributed by atoms with Gasteiger partial charge < -0.3 is 5.32 Å². The van der Waals surface area contributed by atoms with Crippen molar-refractivity contribution in [1.82, 2.24) is 15.0 Å². The fourth-order valence-corrected chi connectivity index (χ4v) is 3.79. The van der Waals surface area contributed by atoms with Crippen LogP contribution in [0.3, 0.4) is 0 Å². The fraction of sp³-hybridized carbons (Fsp3) is 0.294. The fourth-order valence-electron chi connectivity index (χ4n) is 2.36. The van der Waals surface area contributed by atoms with Crippen LogP contribution in [0.1, 0.15) is 31.0 Å². The minimum atomic E-state index is -4.84. The number of benzene rings is 1. The zero-order chi connectivity index (χ0) is 20.2. The molecular weight excluding hydrogens is 383 g/mol. The highest BCUT2D eigenvalue weighted by Crippen LogP contribution is 2.33. The number of aromatic nitrogens is 1. The SMILES string of the molecule is CC(NC(=O)[C@H](C)NS(=O)(=O)c1ccccc1C(F)(F)F)c1ccncc1. The number of nitrogens with one attached hydrogen (secondary N) is 2. The Kier molecular flexibility index (Phi) is 6.22. The van der Waals surface area contributed by atoms with E-state index in [1.165, 1.54) is 25.4 Å². The van der Waals surface area contributed by atoms with E-state index in [4.69, 9.17) is 0 Å². The van der Waals surface area contributed by atoms with Gasteiger partial charge in [-0.1, -0.05) is 12.1 Å². The molecule has 27 heavy (non-hydrogen) atoms. The Hall–Kier alpha value is -2.46. The average molecular weight is 401 g/mol. The van der Waals surface area contributed by atoms with Crippen molar-refractivity contribution < 1.29 is 26.4 Å². The summed E-state index contributed by atoms with van der Waals surface area (Å²) in [4.78, 5) is 15.2. The van der Waals surface area contributed by atoms with Gasteiger partial charge in [-0.05, 0) is 43.7 Å². The highest BCUT2D eigenvalue weighted by molar-refractivity contribution is 7.89. The second kappa shape index (κ2) is 8.05. The molecule has 0 aliphatic rings. The number of halogens is 3. The lowest BCUT2D eigenvalue weighted by molar-refractivity contribution is -0.139. The first-order valence-corrected chi connectivity index (χ1v) is 9.39. The van der Waals surface area contributed by atoms with Gasteiger partial charge in [0.15, 0.2) is 0 Å². The van der Waals surface area contributed by atoms with E-state index >= 15 is 0 Å². The first kappa shape index (κ1) is 20.8. The highest BCUT2D eigenvalue weighted by Gasteiger charge is 2.37. The summed E-state index contributed by atoms with van der Waals surface area (Å²) >= 11 is 0. The molecule has 6 nitrogen and oxygen atoms in total. The lowest BCUT2D eigenvalue weighted by Crippen LogP contribution is -2.45. The maximum Gasteiger partial charge on any atom is 0.417 e. The maximum atomic E-state index is 13.1. The second-order valence-electron chi connectivity index (χ2n) is 5.85. The van der Waals surface area contributed by atoms with E-state index in [1.54, 1.807) is 19.1 Å². The summed E-state index contributed by atoms with van der Waals surface area (Å²) in [5.74, 6) is -0.674. The van der Waals surface area contributed by atoms with Crippen LogP contribution in [0.4, 0.5) is 13.2 Å². The summed E-state index contributed by atoms with van der Waals surface area (Å²) in [6, 6.07) is 5.43. The highest BCUT2D eigenvalue weighted by atomic mass is 32.2. The summed E-state index contributed by atoms with van der Waals surface area (Å²) in [6.45, 7) is 2.94. The third-order valence-electron chi connectivity index (χ3n) is 3.77. The minimum absolute atomic E-state index is 0.435. The topological polar surface area (TPSA) is 88.2 Å². The summed E-state index contributed by atoms with van der Waals surface area (Å²) in [7, 11) is -4.56. The van der Waals surface area contributed by atoms with Crippen molar-refractivity contribution in [2.45, 2.75) is 37.0 Å². The molecule has 1 amide bonds. The number of hydrogen-bond acceptors (Lipinski definition) is 4. The van der Waals surface area contributed by atoms with Crippen LogP contribution in [0, 0.1) is 0 Å². The molecule has 0 fully saturated rings. The first-order chi connectivity index (χ1) is 12.5. The number of amides is 1. The van der Waals surface area contributed by atoms with Crippen LogP contribution in [-0.2, 0) is 21.0 Å². The molecule has 1 aromatic heterocycles. The van der Waals surface area contributed by atoms with E-state index in [9.17, 15) is 26.4 Å². The number of nitrogens with zero attached hydrogens (tertiary/aromatic N) is 1. The Bertz CT molecular complexity index is 902. The summed E-state index contributed by atoms with van der Waals surface area (Å²) < 4.78 is 65.9. The quantitative estimate of drug-likeness (QED) is 0.779. The van der Waals surface area contributed by atoms with Gasteiger partial charge in [-0.15, -0.1) is 0 Å². The van der Waals surface area contributed by atoms with E-state index in [-0.39, 0.29) is 0 Å². The zero-order valence-electron chi connectivity index (χ0n) is 14.5. The van der Waals surface area contributed by atoms with Crippen LogP contribution >= 0.6 is 0 Å². The van der Waals surface area contributed by atoms with E-state index < -0.39 is 44.6 Å². The Morgan fingerprint density at radius 2 is 1.67 bits per heavy atom. The Balaban J connectivity index is 2.15. The standard InChI is InChI=1S/C17H18F3N3O3S/c1-11(13-7-9-21-10-8-13)22-16(24)12(2)23-27(25,26)15-6-4-3-5-14(15)17(18,19)20/h3-12,23H,1-2H3,(H,22,24)/t11?,12-/m0/s1. The lowest BCUT2D eigenvalue weighted by atomic mass is 10.1. The van der Waals surface area contributed by atoms with Gasteiger partial charge in [-0.2, -0.15) is 17.9 Å². The number of sulfonamides is 1. The number of carbonyl (C=O) groups is 1. The molecule has 10 heteroatoms. The summed E-state index contributed by atoms with van der Waals surface area (Å²) in [6.07, 6.45) is -1.76. The molecule has 0 aliphatic carbocycles. The van der Waals surface area contributed by atoms with Crippen molar-refractivity contribution in [3.63, 3.8) is 0 Å². The largest absolute Gasteiger partial charge is 0.417 e. The van der Waals surface area contributed by atoms with Crippen LogP contribution in [0.2, 0.25) is 0 Å². The van der Waals surface area contributed by atoms with Gasteiger partial charge in [0.2, 0.25) is 15.9 Å². The van der Waals surface area contributed by atoms with E-state index in [1.807, 2.05) is 4.72 Å². The van der Waals surface area contributed by atoms with Crippen molar-refractivity contribution in [3.8, 4) is 0 Å². The molecule has 2 aromatic rings. The Labute approximate surface area is 154 Å².